The summed E-state index contributed by atoms with van der Waals surface area (Å²) in [6.07, 6.45) is 0. The van der Waals surface area contributed by atoms with Gasteiger partial charge in [0, 0.05) is 6.54 Å². The van der Waals surface area contributed by atoms with Crippen LogP contribution in [0, 0.1) is 11.3 Å². The lowest BCUT2D eigenvalue weighted by Crippen LogP contribution is -2.23. The van der Waals surface area contributed by atoms with Crippen LogP contribution < -0.4 is 10.5 Å². The number of nitrogens with two attached hydrogens (primary N) is 1. The molecule has 2 aromatic rings. The molecule has 0 amide bonds. The van der Waals surface area contributed by atoms with Gasteiger partial charge in [-0.25, -0.2) is 4.98 Å². The molecule has 0 aliphatic heterocycles. The van der Waals surface area contributed by atoms with Crippen molar-refractivity contribution < 1.29 is 4.74 Å². The molecule has 4 nitrogen and oxygen atoms in total. The molecule has 2 rings (SSSR count). The molecular weight excluding hydrogens is 238 g/mol. The molecule has 1 aromatic heterocycles. The van der Waals surface area contributed by atoms with Gasteiger partial charge in [0.25, 0.3) is 0 Å². The number of fused-ring (bicyclic) bond motifs is 1. The number of hydrogen-bond donors (Lipinski definition) is 1. The first-order valence-corrected chi connectivity index (χ1v) is 6.63. The minimum absolute atomic E-state index is 0.238. The molecule has 0 radical (unpaired) electrons. The van der Waals surface area contributed by atoms with E-state index in [4.69, 9.17) is 10.5 Å². The summed E-state index contributed by atoms with van der Waals surface area (Å²) in [4.78, 5) is 4.43. The Bertz CT molecular complexity index is 581. The van der Waals surface area contributed by atoms with Crippen molar-refractivity contribution in [2.75, 3.05) is 12.8 Å². The van der Waals surface area contributed by atoms with Crippen molar-refractivity contribution in [2.45, 2.75) is 34.2 Å². The molecule has 1 unspecified atom stereocenters. The average Bonchev–Trinajstić information content (AvgIpc) is 2.65. The fraction of sp³-hybridized carbons (Fsp3) is 0.533. The Hall–Kier alpha value is -1.71. The first kappa shape index (κ1) is 13.7. The summed E-state index contributed by atoms with van der Waals surface area (Å²) in [5.41, 5.74) is 8.17. The Kier molecular flexibility index (Phi) is 3.43. The van der Waals surface area contributed by atoms with Crippen LogP contribution in [0.2, 0.25) is 0 Å². The van der Waals surface area contributed by atoms with Gasteiger partial charge in [-0.3, -0.25) is 0 Å². The lowest BCUT2D eigenvalue weighted by molar-refractivity contribution is 0.236. The van der Waals surface area contributed by atoms with E-state index in [2.05, 4.69) is 37.2 Å². The Morgan fingerprint density at radius 3 is 2.63 bits per heavy atom. The zero-order valence-electron chi connectivity index (χ0n) is 12.4. The van der Waals surface area contributed by atoms with E-state index in [1.165, 1.54) is 0 Å². The second kappa shape index (κ2) is 4.76. The molecule has 0 aliphatic carbocycles. The Labute approximate surface area is 114 Å². The lowest BCUT2D eigenvalue weighted by Gasteiger charge is -2.28. The van der Waals surface area contributed by atoms with Gasteiger partial charge < -0.3 is 15.0 Å². The quantitative estimate of drug-likeness (QED) is 0.922. The van der Waals surface area contributed by atoms with Crippen LogP contribution in [0.15, 0.2) is 18.2 Å². The van der Waals surface area contributed by atoms with Gasteiger partial charge >= 0.3 is 0 Å². The number of hydrogen-bond acceptors (Lipinski definition) is 3. The van der Waals surface area contributed by atoms with Gasteiger partial charge in [0.15, 0.2) is 0 Å². The monoisotopic (exact) mass is 261 g/mol. The topological polar surface area (TPSA) is 53.1 Å². The number of nitrogens with zero attached hydrogens (tertiary/aromatic N) is 2. The molecule has 0 spiro atoms. The minimum atomic E-state index is 0.238. The first-order chi connectivity index (χ1) is 8.84. The summed E-state index contributed by atoms with van der Waals surface area (Å²) in [7, 11) is 1.65. The maximum atomic E-state index is 6.06. The molecule has 0 fully saturated rings. The van der Waals surface area contributed by atoms with Gasteiger partial charge in [-0.1, -0.05) is 33.8 Å². The Morgan fingerprint density at radius 1 is 1.37 bits per heavy atom. The van der Waals surface area contributed by atoms with Gasteiger partial charge in [-0.15, -0.1) is 0 Å². The van der Waals surface area contributed by atoms with E-state index in [9.17, 15) is 0 Å². The van der Waals surface area contributed by atoms with Gasteiger partial charge in [0.05, 0.1) is 12.6 Å². The lowest BCUT2D eigenvalue weighted by atomic mass is 9.82. The molecule has 4 heteroatoms. The molecule has 2 N–H and O–H groups in total. The summed E-state index contributed by atoms with van der Waals surface area (Å²) >= 11 is 0. The molecule has 0 aliphatic rings. The SMILES string of the molecule is COc1cccc2c1nc(N)n2CC(C)C(C)(C)C. The normalized spacial score (nSPS) is 13.7. The van der Waals surface area contributed by atoms with Gasteiger partial charge in [0.2, 0.25) is 5.95 Å². The Balaban J connectivity index is 2.47. The number of methoxy groups -OCH3 is 1. The fourth-order valence-corrected chi connectivity index (χ4v) is 2.04. The molecule has 19 heavy (non-hydrogen) atoms. The van der Waals surface area contributed by atoms with Crippen molar-refractivity contribution in [1.82, 2.24) is 9.55 Å². The number of aromatic nitrogens is 2. The first-order valence-electron chi connectivity index (χ1n) is 6.63. The van der Waals surface area contributed by atoms with Crippen LogP contribution in [-0.2, 0) is 6.54 Å². The van der Waals surface area contributed by atoms with Crippen molar-refractivity contribution in [2.24, 2.45) is 11.3 Å². The predicted octanol–water partition coefficient (Wildman–Crippen LogP) is 3.31. The molecule has 1 atom stereocenters. The van der Waals surface area contributed by atoms with Gasteiger partial charge in [-0.2, -0.15) is 0 Å². The maximum absolute atomic E-state index is 6.06. The standard InChI is InChI=1S/C15H23N3O/c1-10(15(2,3)4)9-18-11-7-6-8-12(19-5)13(11)17-14(18)16/h6-8,10H,9H2,1-5H3,(H2,16,17). The number of anilines is 1. The summed E-state index contributed by atoms with van der Waals surface area (Å²) < 4.78 is 7.41. The molecule has 0 saturated carbocycles. The van der Waals surface area contributed by atoms with Crippen molar-refractivity contribution in [3.05, 3.63) is 18.2 Å². The third-order valence-corrected chi connectivity index (χ3v) is 3.93. The maximum Gasteiger partial charge on any atom is 0.201 e. The highest BCUT2D eigenvalue weighted by molar-refractivity contribution is 5.84. The highest BCUT2D eigenvalue weighted by atomic mass is 16.5. The van der Waals surface area contributed by atoms with E-state index >= 15 is 0 Å². The zero-order chi connectivity index (χ0) is 14.2. The number of benzene rings is 1. The van der Waals surface area contributed by atoms with E-state index in [1.54, 1.807) is 7.11 Å². The van der Waals surface area contributed by atoms with Crippen LogP contribution in [0.3, 0.4) is 0 Å². The molecule has 104 valence electrons. The van der Waals surface area contributed by atoms with Crippen molar-refractivity contribution in [3.63, 3.8) is 0 Å². The van der Waals surface area contributed by atoms with Crippen LogP contribution in [0.1, 0.15) is 27.7 Å². The molecule has 0 saturated heterocycles. The highest BCUT2D eigenvalue weighted by Crippen LogP contribution is 2.31. The largest absolute Gasteiger partial charge is 0.494 e. The van der Waals surface area contributed by atoms with E-state index in [0.29, 0.717) is 11.9 Å². The third kappa shape index (κ3) is 2.53. The van der Waals surface area contributed by atoms with Gasteiger partial charge in [-0.05, 0) is 23.5 Å². The van der Waals surface area contributed by atoms with Crippen LogP contribution in [0.4, 0.5) is 5.95 Å². The second-order valence-corrected chi connectivity index (χ2v) is 6.18. The number of nitrogen functional groups attached to an aromatic ring is 1. The predicted molar refractivity (Wildman–Crippen MR) is 79.3 cm³/mol. The van der Waals surface area contributed by atoms with Crippen LogP contribution in [0.25, 0.3) is 11.0 Å². The number of rotatable bonds is 3. The van der Waals surface area contributed by atoms with Crippen LogP contribution >= 0.6 is 0 Å². The Morgan fingerprint density at radius 2 is 2.05 bits per heavy atom. The van der Waals surface area contributed by atoms with Crippen molar-refractivity contribution in [3.8, 4) is 5.75 Å². The molecule has 1 heterocycles. The minimum Gasteiger partial charge on any atom is -0.494 e. The highest BCUT2D eigenvalue weighted by Gasteiger charge is 2.22. The molecule has 1 aromatic carbocycles. The molecular formula is C15H23N3O. The fourth-order valence-electron chi connectivity index (χ4n) is 2.04. The van der Waals surface area contributed by atoms with E-state index in [-0.39, 0.29) is 5.41 Å². The third-order valence-electron chi connectivity index (χ3n) is 3.93. The number of para-hydroxylation sites is 1. The average molecular weight is 261 g/mol. The number of imidazole rings is 1. The summed E-state index contributed by atoms with van der Waals surface area (Å²) in [6, 6.07) is 5.92. The van der Waals surface area contributed by atoms with Gasteiger partial charge in [0.1, 0.15) is 11.3 Å². The van der Waals surface area contributed by atoms with Crippen LogP contribution in [-0.4, -0.2) is 16.7 Å². The van der Waals surface area contributed by atoms with E-state index in [1.807, 2.05) is 18.2 Å². The summed E-state index contributed by atoms with van der Waals surface area (Å²) in [5, 5.41) is 0. The smallest absolute Gasteiger partial charge is 0.201 e. The van der Waals surface area contributed by atoms with E-state index < -0.39 is 0 Å². The molecule has 0 bridgehead atoms. The summed E-state index contributed by atoms with van der Waals surface area (Å²) in [6.45, 7) is 9.83. The zero-order valence-corrected chi connectivity index (χ0v) is 12.4. The number of ether oxygens (including phenoxy) is 1. The van der Waals surface area contributed by atoms with Crippen molar-refractivity contribution >= 4 is 17.0 Å². The van der Waals surface area contributed by atoms with Crippen LogP contribution in [0.5, 0.6) is 5.75 Å². The van der Waals surface area contributed by atoms with E-state index in [0.717, 1.165) is 23.3 Å². The summed E-state index contributed by atoms with van der Waals surface area (Å²) in [5.74, 6) is 1.82. The van der Waals surface area contributed by atoms with Crippen molar-refractivity contribution in [1.29, 1.82) is 0 Å². The second-order valence-electron chi connectivity index (χ2n) is 6.18.